The highest BCUT2D eigenvalue weighted by atomic mass is 16.5. The van der Waals surface area contributed by atoms with Crippen molar-refractivity contribution in [3.05, 3.63) is 29.8 Å². The first-order valence-electron chi connectivity index (χ1n) is 8.33. The molecule has 124 valence electrons. The third-order valence-electron chi connectivity index (χ3n) is 5.34. The molecule has 23 heavy (non-hydrogen) atoms. The number of carbonyl (C=O) groups is 2. The molecule has 0 saturated heterocycles. The van der Waals surface area contributed by atoms with Crippen molar-refractivity contribution >= 4 is 17.6 Å². The van der Waals surface area contributed by atoms with Gasteiger partial charge in [0.2, 0.25) is 5.91 Å². The number of nitrogens with two attached hydrogens (primary N) is 1. The zero-order valence-electron chi connectivity index (χ0n) is 13.5. The van der Waals surface area contributed by atoms with Gasteiger partial charge in [-0.25, -0.2) is 4.79 Å². The average molecular weight is 316 g/mol. The Bertz CT molecular complexity index is 588. The summed E-state index contributed by atoms with van der Waals surface area (Å²) in [6.45, 7) is 0. The molecular formula is C18H24N2O3. The first-order chi connectivity index (χ1) is 11.1. The fraction of sp³-hybridized carbons (Fsp3) is 0.556. The van der Waals surface area contributed by atoms with Crippen molar-refractivity contribution < 1.29 is 14.3 Å². The van der Waals surface area contributed by atoms with Crippen LogP contribution in [0.1, 0.15) is 42.5 Å². The van der Waals surface area contributed by atoms with Crippen LogP contribution < -0.4 is 11.1 Å². The van der Waals surface area contributed by atoms with Crippen molar-refractivity contribution in [2.24, 2.45) is 23.5 Å². The van der Waals surface area contributed by atoms with Crippen LogP contribution in [0.2, 0.25) is 0 Å². The molecule has 1 aromatic rings. The van der Waals surface area contributed by atoms with Crippen LogP contribution in [0.25, 0.3) is 0 Å². The maximum absolute atomic E-state index is 12.6. The standard InChI is InChI=1S/C18H24N2O3/c1-23-18(22)13-6-3-7-15(10-13)20-17(21)14-8-11-4-2-5-12(9-14)16(11)19/h3,6-7,10-12,14,16H,2,4-5,8-9,19H2,1H3,(H,20,21). The zero-order chi connectivity index (χ0) is 16.4. The SMILES string of the molecule is COC(=O)c1cccc(NC(=O)C2CC3CCCC(C2)C3N)c1. The minimum absolute atomic E-state index is 0.0203. The van der Waals surface area contributed by atoms with Crippen LogP contribution in [0.3, 0.4) is 0 Å². The predicted molar refractivity (Wildman–Crippen MR) is 87.9 cm³/mol. The molecule has 1 aromatic carbocycles. The molecule has 3 rings (SSSR count). The number of hydrogen-bond donors (Lipinski definition) is 2. The van der Waals surface area contributed by atoms with Gasteiger partial charge >= 0.3 is 5.97 Å². The molecule has 0 aromatic heterocycles. The fourth-order valence-corrected chi connectivity index (χ4v) is 4.09. The van der Waals surface area contributed by atoms with Gasteiger partial charge in [-0.05, 0) is 55.7 Å². The van der Waals surface area contributed by atoms with E-state index in [1.807, 2.05) is 0 Å². The molecule has 0 radical (unpaired) electrons. The van der Waals surface area contributed by atoms with Gasteiger partial charge in [-0.1, -0.05) is 12.5 Å². The number of rotatable bonds is 3. The number of anilines is 1. The Hall–Kier alpha value is -1.88. The lowest BCUT2D eigenvalue weighted by Crippen LogP contribution is -2.48. The van der Waals surface area contributed by atoms with Gasteiger partial charge in [0.05, 0.1) is 12.7 Å². The maximum atomic E-state index is 12.6. The van der Waals surface area contributed by atoms with Crippen LogP contribution in [0, 0.1) is 17.8 Å². The molecule has 0 aliphatic heterocycles. The second kappa shape index (κ2) is 6.71. The van der Waals surface area contributed by atoms with E-state index in [9.17, 15) is 9.59 Å². The summed E-state index contributed by atoms with van der Waals surface area (Å²) in [6, 6.07) is 7.12. The fourth-order valence-electron chi connectivity index (χ4n) is 4.09. The lowest BCUT2D eigenvalue weighted by molar-refractivity contribution is -0.122. The van der Waals surface area contributed by atoms with Crippen molar-refractivity contribution in [1.29, 1.82) is 0 Å². The number of ether oxygens (including phenoxy) is 1. The van der Waals surface area contributed by atoms with Crippen LogP contribution >= 0.6 is 0 Å². The van der Waals surface area contributed by atoms with E-state index in [0.29, 0.717) is 23.1 Å². The summed E-state index contributed by atoms with van der Waals surface area (Å²) in [6.07, 6.45) is 5.26. The average Bonchev–Trinajstić information content (AvgIpc) is 2.54. The van der Waals surface area contributed by atoms with Gasteiger partial charge in [0.1, 0.15) is 0 Å². The second-order valence-electron chi connectivity index (χ2n) is 6.76. The molecule has 2 saturated carbocycles. The highest BCUT2D eigenvalue weighted by Crippen LogP contribution is 2.42. The molecule has 0 spiro atoms. The summed E-state index contributed by atoms with van der Waals surface area (Å²) in [5, 5.41) is 2.95. The van der Waals surface area contributed by atoms with Crippen LogP contribution in [-0.2, 0) is 9.53 Å². The number of nitrogens with one attached hydrogen (secondary N) is 1. The number of amides is 1. The Morgan fingerprint density at radius 1 is 1.22 bits per heavy atom. The minimum atomic E-state index is -0.403. The number of methoxy groups -OCH3 is 1. The molecule has 2 aliphatic rings. The topological polar surface area (TPSA) is 81.4 Å². The van der Waals surface area contributed by atoms with E-state index in [4.69, 9.17) is 10.5 Å². The number of esters is 1. The molecule has 0 heterocycles. The molecule has 2 aliphatic carbocycles. The monoisotopic (exact) mass is 316 g/mol. The highest BCUT2D eigenvalue weighted by molar-refractivity contribution is 5.95. The lowest BCUT2D eigenvalue weighted by atomic mass is 9.65. The Balaban J connectivity index is 1.66. The van der Waals surface area contributed by atoms with Crippen molar-refractivity contribution in [2.45, 2.75) is 38.1 Å². The summed E-state index contributed by atoms with van der Waals surface area (Å²) >= 11 is 0. The van der Waals surface area contributed by atoms with E-state index in [2.05, 4.69) is 5.32 Å². The van der Waals surface area contributed by atoms with E-state index in [-0.39, 0.29) is 17.9 Å². The maximum Gasteiger partial charge on any atom is 0.337 e. The highest BCUT2D eigenvalue weighted by Gasteiger charge is 2.40. The van der Waals surface area contributed by atoms with Gasteiger partial charge in [-0.2, -0.15) is 0 Å². The number of carbonyl (C=O) groups excluding carboxylic acids is 2. The van der Waals surface area contributed by atoms with E-state index < -0.39 is 5.97 Å². The van der Waals surface area contributed by atoms with Crippen LogP contribution in [0.4, 0.5) is 5.69 Å². The van der Waals surface area contributed by atoms with Crippen LogP contribution in [-0.4, -0.2) is 25.0 Å². The van der Waals surface area contributed by atoms with E-state index in [1.54, 1.807) is 24.3 Å². The molecule has 5 heteroatoms. The Labute approximate surface area is 136 Å². The summed E-state index contributed by atoms with van der Waals surface area (Å²) in [4.78, 5) is 24.2. The van der Waals surface area contributed by atoms with Gasteiger partial charge < -0.3 is 15.8 Å². The molecule has 3 N–H and O–H groups in total. The van der Waals surface area contributed by atoms with E-state index in [1.165, 1.54) is 13.5 Å². The van der Waals surface area contributed by atoms with Gasteiger partial charge in [0.25, 0.3) is 0 Å². The first kappa shape index (κ1) is 16.0. The molecule has 2 bridgehead atoms. The molecule has 2 fully saturated rings. The predicted octanol–water partition coefficient (Wildman–Crippen LogP) is 2.57. The summed E-state index contributed by atoms with van der Waals surface area (Å²) in [7, 11) is 1.34. The van der Waals surface area contributed by atoms with Crippen LogP contribution in [0.15, 0.2) is 24.3 Å². The number of hydrogen-bond acceptors (Lipinski definition) is 4. The number of benzene rings is 1. The molecule has 5 nitrogen and oxygen atoms in total. The van der Waals surface area contributed by atoms with Crippen LogP contribution in [0.5, 0.6) is 0 Å². The van der Waals surface area contributed by atoms with Crippen molar-refractivity contribution in [3.8, 4) is 0 Å². The van der Waals surface area contributed by atoms with Gasteiger partial charge in [-0.3, -0.25) is 4.79 Å². The summed E-state index contributed by atoms with van der Waals surface area (Å²) in [5.41, 5.74) is 7.36. The zero-order valence-corrected chi connectivity index (χ0v) is 13.5. The molecule has 2 atom stereocenters. The first-order valence-corrected chi connectivity index (χ1v) is 8.33. The van der Waals surface area contributed by atoms with Crippen molar-refractivity contribution in [1.82, 2.24) is 0 Å². The molecular weight excluding hydrogens is 292 g/mol. The normalized spacial score (nSPS) is 29.7. The van der Waals surface area contributed by atoms with Crippen molar-refractivity contribution in [2.75, 3.05) is 12.4 Å². The molecule has 1 amide bonds. The van der Waals surface area contributed by atoms with E-state index >= 15 is 0 Å². The summed E-state index contributed by atoms with van der Waals surface area (Å²) < 4.78 is 4.71. The second-order valence-corrected chi connectivity index (χ2v) is 6.76. The Kier molecular flexibility index (Phi) is 4.66. The van der Waals surface area contributed by atoms with Gasteiger partial charge in [0.15, 0.2) is 0 Å². The number of fused-ring (bicyclic) bond motifs is 2. The van der Waals surface area contributed by atoms with E-state index in [0.717, 1.165) is 25.7 Å². The lowest BCUT2D eigenvalue weighted by Gasteiger charge is -2.43. The quantitative estimate of drug-likeness (QED) is 0.840. The Morgan fingerprint density at radius 3 is 2.57 bits per heavy atom. The largest absolute Gasteiger partial charge is 0.465 e. The third kappa shape index (κ3) is 3.39. The Morgan fingerprint density at radius 2 is 1.91 bits per heavy atom. The smallest absolute Gasteiger partial charge is 0.337 e. The summed E-state index contributed by atoms with van der Waals surface area (Å²) in [5.74, 6) is 0.598. The van der Waals surface area contributed by atoms with Gasteiger partial charge in [0, 0.05) is 17.6 Å². The third-order valence-corrected chi connectivity index (χ3v) is 5.34. The van der Waals surface area contributed by atoms with Gasteiger partial charge in [-0.15, -0.1) is 0 Å². The molecule has 2 unspecified atom stereocenters. The minimum Gasteiger partial charge on any atom is -0.465 e. The van der Waals surface area contributed by atoms with Crippen molar-refractivity contribution in [3.63, 3.8) is 0 Å².